The summed E-state index contributed by atoms with van der Waals surface area (Å²) in [6.07, 6.45) is 2.08. The van der Waals surface area contributed by atoms with Crippen LogP contribution in [0.4, 0.5) is 0 Å². The van der Waals surface area contributed by atoms with Crippen LogP contribution in [0.1, 0.15) is 12.0 Å². The number of benzene rings is 1. The average Bonchev–Trinajstić information content (AvgIpc) is 2.90. The van der Waals surface area contributed by atoms with Crippen LogP contribution in [-0.2, 0) is 6.42 Å². The molecule has 2 rings (SSSR count). The van der Waals surface area contributed by atoms with Crippen LogP contribution >= 0.6 is 23.4 Å². The van der Waals surface area contributed by atoms with Crippen molar-refractivity contribution in [3.8, 4) is 5.75 Å². The zero-order valence-electron chi connectivity index (χ0n) is 10.5. The van der Waals surface area contributed by atoms with Gasteiger partial charge in [0, 0.05) is 11.1 Å². The lowest BCUT2D eigenvalue weighted by Crippen LogP contribution is -2.42. The maximum absolute atomic E-state index is 6.05. The number of nitrogens with two attached hydrogens (primary N) is 1. The molecule has 1 fully saturated rings. The van der Waals surface area contributed by atoms with E-state index in [9.17, 15) is 0 Å². The fourth-order valence-corrected chi connectivity index (χ4v) is 3.91. The average molecular weight is 287 g/mol. The molecule has 1 aromatic rings. The highest BCUT2D eigenvalue weighted by molar-refractivity contribution is 7.99. The first-order valence-corrected chi connectivity index (χ1v) is 7.64. The quantitative estimate of drug-likeness (QED) is 0.645. The molecule has 2 atom stereocenters. The van der Waals surface area contributed by atoms with Crippen molar-refractivity contribution < 1.29 is 4.74 Å². The summed E-state index contributed by atoms with van der Waals surface area (Å²) in [5.74, 6) is 9.62. The fourth-order valence-electron chi connectivity index (χ4n) is 2.38. The van der Waals surface area contributed by atoms with Crippen LogP contribution in [0.2, 0.25) is 5.02 Å². The first-order chi connectivity index (χ1) is 8.74. The Kier molecular flexibility index (Phi) is 5.18. The van der Waals surface area contributed by atoms with Gasteiger partial charge in [-0.05, 0) is 54.0 Å². The molecule has 1 aromatic carbocycles. The monoisotopic (exact) mass is 286 g/mol. The molecule has 3 nitrogen and oxygen atoms in total. The van der Waals surface area contributed by atoms with Crippen molar-refractivity contribution in [2.45, 2.75) is 18.9 Å². The van der Waals surface area contributed by atoms with Crippen molar-refractivity contribution in [2.75, 3.05) is 18.6 Å². The number of rotatable bonds is 5. The molecule has 1 heterocycles. The number of methoxy groups -OCH3 is 1. The van der Waals surface area contributed by atoms with Crippen LogP contribution in [-0.4, -0.2) is 24.7 Å². The Balaban J connectivity index is 2.12. The van der Waals surface area contributed by atoms with Crippen molar-refractivity contribution in [3.05, 3.63) is 28.8 Å². The van der Waals surface area contributed by atoms with E-state index in [2.05, 4.69) is 5.43 Å². The van der Waals surface area contributed by atoms with E-state index in [1.807, 2.05) is 30.0 Å². The van der Waals surface area contributed by atoms with Gasteiger partial charge in [0.25, 0.3) is 0 Å². The van der Waals surface area contributed by atoms with E-state index in [-0.39, 0.29) is 6.04 Å². The molecule has 3 N–H and O–H groups in total. The van der Waals surface area contributed by atoms with Crippen molar-refractivity contribution in [3.63, 3.8) is 0 Å². The highest BCUT2D eigenvalue weighted by atomic mass is 35.5. The van der Waals surface area contributed by atoms with Crippen molar-refractivity contribution in [1.82, 2.24) is 5.43 Å². The number of hydrogen-bond donors (Lipinski definition) is 2. The van der Waals surface area contributed by atoms with E-state index in [1.165, 1.54) is 17.9 Å². The molecule has 5 heteroatoms. The molecule has 0 amide bonds. The largest absolute Gasteiger partial charge is 0.496 e. The summed E-state index contributed by atoms with van der Waals surface area (Å²) in [4.78, 5) is 0. The van der Waals surface area contributed by atoms with Gasteiger partial charge in [0.15, 0.2) is 0 Å². The van der Waals surface area contributed by atoms with Crippen LogP contribution in [0, 0.1) is 5.92 Å². The summed E-state index contributed by atoms with van der Waals surface area (Å²) in [5, 5.41) is 0.738. The van der Waals surface area contributed by atoms with Gasteiger partial charge in [-0.3, -0.25) is 11.3 Å². The summed E-state index contributed by atoms with van der Waals surface area (Å²) in [5.41, 5.74) is 4.07. The Morgan fingerprint density at radius 2 is 2.44 bits per heavy atom. The fraction of sp³-hybridized carbons (Fsp3) is 0.538. The number of hydrogen-bond acceptors (Lipinski definition) is 4. The topological polar surface area (TPSA) is 47.3 Å². The molecule has 18 heavy (non-hydrogen) atoms. The SMILES string of the molecule is COc1ccc(Cl)cc1CC(NN)C1CCSC1. The molecule has 2 unspecified atom stereocenters. The first kappa shape index (κ1) is 14.0. The van der Waals surface area contributed by atoms with Crippen LogP contribution in [0.5, 0.6) is 5.75 Å². The Labute approximate surface area is 117 Å². The molecule has 1 saturated heterocycles. The van der Waals surface area contributed by atoms with Crippen LogP contribution < -0.4 is 16.0 Å². The van der Waals surface area contributed by atoms with E-state index in [0.717, 1.165) is 22.8 Å². The summed E-state index contributed by atoms with van der Waals surface area (Å²) in [6, 6.07) is 6.01. The third kappa shape index (κ3) is 3.32. The Morgan fingerprint density at radius 3 is 3.06 bits per heavy atom. The minimum atomic E-state index is 0.285. The second-order valence-corrected chi connectivity index (χ2v) is 6.14. The second-order valence-electron chi connectivity index (χ2n) is 4.56. The molecule has 0 radical (unpaired) electrons. The van der Waals surface area contributed by atoms with Gasteiger partial charge in [-0.15, -0.1) is 0 Å². The highest BCUT2D eigenvalue weighted by Gasteiger charge is 2.25. The number of halogens is 1. The molecule has 100 valence electrons. The van der Waals surface area contributed by atoms with Gasteiger partial charge in [-0.1, -0.05) is 11.6 Å². The molecule has 1 aliphatic heterocycles. The van der Waals surface area contributed by atoms with Crippen molar-refractivity contribution in [2.24, 2.45) is 11.8 Å². The standard InChI is InChI=1S/C13H19ClN2OS/c1-17-13-3-2-11(14)6-10(13)7-12(16-15)9-4-5-18-8-9/h2-3,6,9,12,16H,4-5,7-8,15H2,1H3. The van der Waals surface area contributed by atoms with Crippen LogP contribution in [0.25, 0.3) is 0 Å². The molecule has 0 bridgehead atoms. The van der Waals surface area contributed by atoms with Gasteiger partial charge in [-0.25, -0.2) is 0 Å². The van der Waals surface area contributed by atoms with Gasteiger partial charge in [0.2, 0.25) is 0 Å². The Bertz CT molecular complexity index is 397. The summed E-state index contributed by atoms with van der Waals surface area (Å²) < 4.78 is 5.38. The minimum absolute atomic E-state index is 0.285. The van der Waals surface area contributed by atoms with E-state index in [0.29, 0.717) is 5.92 Å². The lowest BCUT2D eigenvalue weighted by Gasteiger charge is -2.23. The van der Waals surface area contributed by atoms with Crippen LogP contribution in [0.3, 0.4) is 0 Å². The zero-order valence-corrected chi connectivity index (χ0v) is 12.1. The molecular formula is C13H19ClN2OS. The van der Waals surface area contributed by atoms with E-state index >= 15 is 0 Å². The number of ether oxygens (including phenoxy) is 1. The molecule has 0 spiro atoms. The summed E-state index contributed by atoms with van der Waals surface area (Å²) in [6.45, 7) is 0. The van der Waals surface area contributed by atoms with E-state index in [1.54, 1.807) is 7.11 Å². The van der Waals surface area contributed by atoms with Gasteiger partial charge >= 0.3 is 0 Å². The predicted molar refractivity (Wildman–Crippen MR) is 78.3 cm³/mol. The summed E-state index contributed by atoms with van der Waals surface area (Å²) in [7, 11) is 1.68. The second kappa shape index (κ2) is 6.66. The van der Waals surface area contributed by atoms with Crippen molar-refractivity contribution >= 4 is 23.4 Å². The third-order valence-corrected chi connectivity index (χ3v) is 4.85. The lowest BCUT2D eigenvalue weighted by molar-refractivity contribution is 0.371. The van der Waals surface area contributed by atoms with E-state index in [4.69, 9.17) is 22.2 Å². The number of hydrazine groups is 1. The predicted octanol–water partition coefficient (Wildman–Crippen LogP) is 2.48. The highest BCUT2D eigenvalue weighted by Crippen LogP contribution is 2.30. The van der Waals surface area contributed by atoms with E-state index < -0.39 is 0 Å². The summed E-state index contributed by atoms with van der Waals surface area (Å²) >= 11 is 8.05. The van der Waals surface area contributed by atoms with Crippen LogP contribution in [0.15, 0.2) is 18.2 Å². The maximum Gasteiger partial charge on any atom is 0.122 e. The molecule has 0 aliphatic carbocycles. The number of nitrogens with one attached hydrogen (secondary N) is 1. The lowest BCUT2D eigenvalue weighted by atomic mass is 9.93. The molecule has 0 aromatic heterocycles. The third-order valence-electron chi connectivity index (χ3n) is 3.43. The maximum atomic E-state index is 6.05. The molecule has 0 saturated carbocycles. The number of thioether (sulfide) groups is 1. The van der Waals surface area contributed by atoms with Gasteiger partial charge in [-0.2, -0.15) is 11.8 Å². The first-order valence-electron chi connectivity index (χ1n) is 6.11. The zero-order chi connectivity index (χ0) is 13.0. The van der Waals surface area contributed by atoms with Gasteiger partial charge < -0.3 is 4.74 Å². The Hall–Kier alpha value is -0.420. The molecular weight excluding hydrogens is 268 g/mol. The molecule has 1 aliphatic rings. The normalized spacial score (nSPS) is 20.9. The van der Waals surface area contributed by atoms with Gasteiger partial charge in [0.1, 0.15) is 5.75 Å². The Morgan fingerprint density at radius 1 is 1.61 bits per heavy atom. The minimum Gasteiger partial charge on any atom is -0.496 e. The smallest absolute Gasteiger partial charge is 0.122 e. The van der Waals surface area contributed by atoms with Crippen molar-refractivity contribution in [1.29, 1.82) is 0 Å². The van der Waals surface area contributed by atoms with Gasteiger partial charge in [0.05, 0.1) is 7.11 Å².